The summed E-state index contributed by atoms with van der Waals surface area (Å²) in [6.07, 6.45) is 0. The van der Waals surface area contributed by atoms with Crippen LogP contribution >= 0.6 is 0 Å². The zero-order valence-corrected chi connectivity index (χ0v) is 11.8. The minimum atomic E-state index is -1.78. The van der Waals surface area contributed by atoms with Gasteiger partial charge in [0, 0.05) is 11.6 Å². The molecule has 2 aromatic rings. The van der Waals surface area contributed by atoms with Crippen molar-refractivity contribution in [1.29, 1.82) is 0 Å². The van der Waals surface area contributed by atoms with Gasteiger partial charge in [0.05, 0.1) is 18.2 Å². The van der Waals surface area contributed by atoms with Gasteiger partial charge in [-0.15, -0.1) is 0 Å². The van der Waals surface area contributed by atoms with Crippen LogP contribution in [0.15, 0.2) is 6.07 Å². The zero-order chi connectivity index (χ0) is 16.8. The van der Waals surface area contributed by atoms with Crippen molar-refractivity contribution in [2.75, 3.05) is 7.11 Å². The largest absolute Gasteiger partial charge is 0.496 e. The first-order valence-corrected chi connectivity index (χ1v) is 6.07. The highest BCUT2D eigenvalue weighted by Gasteiger charge is 2.29. The molecule has 0 N–H and O–H groups in total. The standard InChI is InChI=1S/C14H9BF6O/c1-4-10(18)12(20)8(13(21)11(4)19)7-5(16)3-6(17)9(15)14(7)22-2/h3H,15H2,1-2H3. The molecule has 2 rings (SSSR count). The molecule has 8 heteroatoms. The van der Waals surface area contributed by atoms with Crippen molar-refractivity contribution in [2.24, 2.45) is 0 Å². The third-order valence-corrected chi connectivity index (χ3v) is 3.36. The fraction of sp³-hybridized carbons (Fsp3) is 0.143. The molecule has 0 saturated carbocycles. The number of rotatable bonds is 2. The van der Waals surface area contributed by atoms with Crippen LogP contribution in [-0.2, 0) is 0 Å². The summed E-state index contributed by atoms with van der Waals surface area (Å²) in [5.41, 5.74) is -3.29. The Hall–Kier alpha value is -2.12. The highest BCUT2D eigenvalue weighted by Crippen LogP contribution is 2.38. The summed E-state index contributed by atoms with van der Waals surface area (Å²) in [6, 6.07) is 0.363. The van der Waals surface area contributed by atoms with Gasteiger partial charge in [-0.2, -0.15) is 0 Å². The number of benzene rings is 2. The Kier molecular flexibility index (Phi) is 4.13. The number of methoxy groups -OCH3 is 1. The van der Waals surface area contributed by atoms with Crippen LogP contribution < -0.4 is 10.2 Å². The molecule has 0 bridgehead atoms. The molecule has 0 aromatic heterocycles. The lowest BCUT2D eigenvalue weighted by Gasteiger charge is -2.16. The van der Waals surface area contributed by atoms with E-state index in [9.17, 15) is 26.3 Å². The number of ether oxygens (including phenoxy) is 1. The highest BCUT2D eigenvalue weighted by molar-refractivity contribution is 6.35. The van der Waals surface area contributed by atoms with E-state index in [4.69, 9.17) is 4.74 Å². The van der Waals surface area contributed by atoms with Crippen molar-refractivity contribution in [1.82, 2.24) is 0 Å². The molecule has 0 atom stereocenters. The summed E-state index contributed by atoms with van der Waals surface area (Å²) in [5, 5.41) is 0. The fourth-order valence-corrected chi connectivity index (χ4v) is 2.15. The van der Waals surface area contributed by atoms with Crippen LogP contribution in [0, 0.1) is 41.8 Å². The first-order chi connectivity index (χ1) is 10.2. The average molecular weight is 318 g/mol. The third kappa shape index (κ3) is 2.22. The van der Waals surface area contributed by atoms with Gasteiger partial charge < -0.3 is 4.74 Å². The van der Waals surface area contributed by atoms with Crippen molar-refractivity contribution in [2.45, 2.75) is 6.92 Å². The second-order valence-corrected chi connectivity index (χ2v) is 4.63. The van der Waals surface area contributed by atoms with E-state index in [0.717, 1.165) is 14.0 Å². The lowest BCUT2D eigenvalue weighted by molar-refractivity contribution is 0.410. The van der Waals surface area contributed by atoms with E-state index < -0.39 is 57.3 Å². The molecule has 116 valence electrons. The minimum absolute atomic E-state index is 0.251. The molecular formula is C14H9BF6O. The molecule has 1 nitrogen and oxygen atoms in total. The number of hydrogen-bond acceptors (Lipinski definition) is 1. The van der Waals surface area contributed by atoms with Gasteiger partial charge in [-0.1, -0.05) is 0 Å². The number of hydrogen-bond donors (Lipinski definition) is 0. The van der Waals surface area contributed by atoms with Gasteiger partial charge in [0.25, 0.3) is 0 Å². The van der Waals surface area contributed by atoms with Gasteiger partial charge in [0.15, 0.2) is 23.3 Å². The quantitative estimate of drug-likeness (QED) is 0.470. The maximum Gasteiger partial charge on any atom is 0.170 e. The Balaban J connectivity index is 2.99. The third-order valence-electron chi connectivity index (χ3n) is 3.36. The van der Waals surface area contributed by atoms with Gasteiger partial charge in [0.1, 0.15) is 25.2 Å². The first kappa shape index (κ1) is 16.3. The SMILES string of the molecule is Bc1c(F)cc(F)c(-c2c(F)c(F)c(C)c(F)c2F)c1OC. The monoisotopic (exact) mass is 318 g/mol. The van der Waals surface area contributed by atoms with Crippen molar-refractivity contribution < 1.29 is 31.1 Å². The minimum Gasteiger partial charge on any atom is -0.496 e. The van der Waals surface area contributed by atoms with E-state index in [1.165, 1.54) is 7.85 Å². The topological polar surface area (TPSA) is 9.23 Å². The van der Waals surface area contributed by atoms with Gasteiger partial charge >= 0.3 is 0 Å². The van der Waals surface area contributed by atoms with Gasteiger partial charge in [-0.25, -0.2) is 26.3 Å². The highest BCUT2D eigenvalue weighted by atomic mass is 19.2. The summed E-state index contributed by atoms with van der Waals surface area (Å²) < 4.78 is 87.6. The van der Waals surface area contributed by atoms with Gasteiger partial charge in [0.2, 0.25) is 0 Å². The van der Waals surface area contributed by atoms with Crippen LogP contribution in [0.4, 0.5) is 26.3 Å². The first-order valence-electron chi connectivity index (χ1n) is 6.07. The molecule has 0 amide bonds. The van der Waals surface area contributed by atoms with Gasteiger partial charge in [-0.05, 0) is 12.4 Å². The van der Waals surface area contributed by atoms with E-state index in [0.29, 0.717) is 6.07 Å². The summed E-state index contributed by atoms with van der Waals surface area (Å²) >= 11 is 0. The van der Waals surface area contributed by atoms with Crippen LogP contribution in [0.2, 0.25) is 0 Å². The smallest absolute Gasteiger partial charge is 0.170 e. The predicted octanol–water partition coefficient (Wildman–Crippen LogP) is 2.76. The van der Waals surface area contributed by atoms with Crippen molar-refractivity contribution in [3.8, 4) is 16.9 Å². The second-order valence-electron chi connectivity index (χ2n) is 4.63. The number of halogens is 6. The Bertz CT molecular complexity index is 746. The Morgan fingerprint density at radius 3 is 1.77 bits per heavy atom. The van der Waals surface area contributed by atoms with Crippen molar-refractivity contribution in [3.63, 3.8) is 0 Å². The molecular weight excluding hydrogens is 309 g/mol. The average Bonchev–Trinajstić information content (AvgIpc) is 2.48. The van der Waals surface area contributed by atoms with Crippen LogP contribution in [0.25, 0.3) is 11.1 Å². The van der Waals surface area contributed by atoms with E-state index >= 15 is 0 Å². The predicted molar refractivity (Wildman–Crippen MR) is 71.1 cm³/mol. The summed E-state index contributed by atoms with van der Waals surface area (Å²) in [6.45, 7) is 0.837. The van der Waals surface area contributed by atoms with Crippen molar-refractivity contribution in [3.05, 3.63) is 46.5 Å². The van der Waals surface area contributed by atoms with Crippen LogP contribution in [-0.4, -0.2) is 15.0 Å². The second kappa shape index (κ2) is 5.59. The molecule has 0 unspecified atom stereocenters. The molecule has 0 aliphatic heterocycles. The molecule has 0 aliphatic rings. The fourth-order valence-electron chi connectivity index (χ4n) is 2.15. The lowest BCUT2D eigenvalue weighted by Crippen LogP contribution is -2.16. The summed E-state index contributed by atoms with van der Waals surface area (Å²) in [4.78, 5) is 0. The molecule has 0 fully saturated rings. The van der Waals surface area contributed by atoms with Crippen LogP contribution in [0.3, 0.4) is 0 Å². The Morgan fingerprint density at radius 2 is 1.32 bits per heavy atom. The van der Waals surface area contributed by atoms with Gasteiger partial charge in [-0.3, -0.25) is 0 Å². The van der Waals surface area contributed by atoms with Crippen LogP contribution in [0.5, 0.6) is 5.75 Å². The molecule has 0 heterocycles. The van der Waals surface area contributed by atoms with E-state index in [1.54, 1.807) is 0 Å². The Labute approximate surface area is 122 Å². The molecule has 2 aromatic carbocycles. The molecule has 22 heavy (non-hydrogen) atoms. The maximum atomic E-state index is 14.0. The molecule has 0 aliphatic carbocycles. The summed E-state index contributed by atoms with van der Waals surface area (Å²) in [5.74, 6) is -9.83. The molecule has 0 saturated heterocycles. The maximum absolute atomic E-state index is 14.0. The Morgan fingerprint density at radius 1 is 0.818 bits per heavy atom. The van der Waals surface area contributed by atoms with E-state index in [1.807, 2.05) is 0 Å². The van der Waals surface area contributed by atoms with E-state index in [2.05, 4.69) is 0 Å². The lowest BCUT2D eigenvalue weighted by atomic mass is 9.88. The molecule has 0 spiro atoms. The van der Waals surface area contributed by atoms with Crippen LogP contribution in [0.1, 0.15) is 5.56 Å². The normalized spacial score (nSPS) is 10.9. The van der Waals surface area contributed by atoms with Crippen molar-refractivity contribution >= 4 is 13.3 Å². The molecule has 0 radical (unpaired) electrons. The van der Waals surface area contributed by atoms with E-state index in [-0.39, 0.29) is 5.46 Å². The zero-order valence-electron chi connectivity index (χ0n) is 11.8. The summed E-state index contributed by atoms with van der Waals surface area (Å²) in [7, 11) is 2.19.